The molecule has 0 aliphatic carbocycles. The highest BCUT2D eigenvalue weighted by atomic mass is 79.9. The van der Waals surface area contributed by atoms with Crippen LogP contribution in [0.2, 0.25) is 0 Å². The lowest BCUT2D eigenvalue weighted by molar-refractivity contribution is -0.143. The summed E-state index contributed by atoms with van der Waals surface area (Å²) in [6, 6.07) is 4.18. The van der Waals surface area contributed by atoms with Crippen molar-refractivity contribution in [1.82, 2.24) is 4.90 Å². The third kappa shape index (κ3) is 3.98. The summed E-state index contributed by atoms with van der Waals surface area (Å²) in [6.45, 7) is 3.75. The second kappa shape index (κ2) is 8.02. The van der Waals surface area contributed by atoms with Crippen molar-refractivity contribution in [3.8, 4) is 11.5 Å². The van der Waals surface area contributed by atoms with Gasteiger partial charge in [-0.05, 0) is 50.0 Å². The molecule has 5 nitrogen and oxygen atoms in total. The maximum absolute atomic E-state index is 11.1. The van der Waals surface area contributed by atoms with E-state index in [1.54, 1.807) is 14.2 Å². The molecule has 1 fully saturated rings. The molecule has 1 saturated heterocycles. The summed E-state index contributed by atoms with van der Waals surface area (Å²) in [5, 5.41) is 9.15. The number of benzene rings is 1. The van der Waals surface area contributed by atoms with Crippen molar-refractivity contribution in [3.05, 3.63) is 22.2 Å². The van der Waals surface area contributed by atoms with Gasteiger partial charge in [0.05, 0.1) is 20.1 Å². The van der Waals surface area contributed by atoms with Gasteiger partial charge in [-0.1, -0.05) is 22.9 Å². The number of nitrogens with zero attached hydrogens (tertiary/aromatic N) is 1. The van der Waals surface area contributed by atoms with E-state index in [1.165, 1.54) is 0 Å². The van der Waals surface area contributed by atoms with Crippen LogP contribution < -0.4 is 9.47 Å². The van der Waals surface area contributed by atoms with Gasteiger partial charge < -0.3 is 14.6 Å². The fourth-order valence-electron chi connectivity index (χ4n) is 3.26. The van der Waals surface area contributed by atoms with Crippen molar-refractivity contribution in [2.75, 3.05) is 27.3 Å². The molecule has 0 radical (unpaired) electrons. The number of aliphatic carboxylic acids is 1. The molecule has 6 heteroatoms. The van der Waals surface area contributed by atoms with Gasteiger partial charge in [-0.25, -0.2) is 0 Å². The largest absolute Gasteiger partial charge is 0.493 e. The minimum Gasteiger partial charge on any atom is -0.493 e. The average Bonchev–Trinajstić information content (AvgIpc) is 2.56. The van der Waals surface area contributed by atoms with Crippen molar-refractivity contribution in [1.29, 1.82) is 0 Å². The molecule has 2 rings (SSSR count). The van der Waals surface area contributed by atoms with E-state index in [0.717, 1.165) is 29.5 Å². The Kier molecular flexibility index (Phi) is 6.30. The Morgan fingerprint density at radius 3 is 2.35 bits per heavy atom. The van der Waals surface area contributed by atoms with Crippen LogP contribution in [0.15, 0.2) is 16.6 Å². The monoisotopic (exact) mass is 385 g/mol. The zero-order chi connectivity index (χ0) is 17.0. The zero-order valence-corrected chi connectivity index (χ0v) is 15.4. The summed E-state index contributed by atoms with van der Waals surface area (Å²) in [5.74, 6) is 0.523. The number of ether oxygens (including phenoxy) is 2. The molecule has 1 unspecified atom stereocenters. The molecule has 128 valence electrons. The van der Waals surface area contributed by atoms with E-state index in [9.17, 15) is 4.79 Å². The molecule has 0 spiro atoms. The van der Waals surface area contributed by atoms with Crippen molar-refractivity contribution >= 4 is 21.9 Å². The van der Waals surface area contributed by atoms with E-state index in [-0.39, 0.29) is 12.0 Å². The van der Waals surface area contributed by atoms with Crippen LogP contribution >= 0.6 is 15.9 Å². The molecular weight excluding hydrogens is 362 g/mol. The van der Waals surface area contributed by atoms with Crippen molar-refractivity contribution in [2.45, 2.75) is 32.2 Å². The predicted octanol–water partition coefficient (Wildman–Crippen LogP) is 3.71. The average molecular weight is 386 g/mol. The Morgan fingerprint density at radius 1 is 1.30 bits per heavy atom. The fraction of sp³-hybridized carbons (Fsp3) is 0.588. The molecule has 0 aromatic heterocycles. The number of likely N-dealkylation sites (tertiary alicyclic amines) is 1. The topological polar surface area (TPSA) is 59.0 Å². The van der Waals surface area contributed by atoms with Gasteiger partial charge in [0.15, 0.2) is 11.5 Å². The number of carboxylic acid groups (broad SMARTS) is 1. The minimum atomic E-state index is -0.676. The molecule has 1 aliphatic rings. The van der Waals surface area contributed by atoms with Gasteiger partial charge in [0, 0.05) is 10.5 Å². The highest BCUT2D eigenvalue weighted by Crippen LogP contribution is 2.39. The molecular formula is C17H24BrNO4. The van der Waals surface area contributed by atoms with Gasteiger partial charge in [0.2, 0.25) is 0 Å². The summed E-state index contributed by atoms with van der Waals surface area (Å²) in [5.41, 5.74) is 1.15. The lowest BCUT2D eigenvalue weighted by Crippen LogP contribution is -2.38. The van der Waals surface area contributed by atoms with Crippen molar-refractivity contribution in [3.63, 3.8) is 0 Å². The highest BCUT2D eigenvalue weighted by Gasteiger charge is 2.29. The van der Waals surface area contributed by atoms with E-state index in [2.05, 4.69) is 27.8 Å². The highest BCUT2D eigenvalue weighted by molar-refractivity contribution is 9.10. The van der Waals surface area contributed by atoms with Crippen LogP contribution in [-0.2, 0) is 4.79 Å². The molecule has 1 atom stereocenters. The summed E-state index contributed by atoms with van der Waals surface area (Å²) in [4.78, 5) is 13.5. The summed E-state index contributed by atoms with van der Waals surface area (Å²) < 4.78 is 11.7. The van der Waals surface area contributed by atoms with Gasteiger partial charge >= 0.3 is 5.97 Å². The predicted molar refractivity (Wildman–Crippen MR) is 92.2 cm³/mol. The first-order valence-electron chi connectivity index (χ1n) is 7.90. The summed E-state index contributed by atoms with van der Waals surface area (Å²) in [7, 11) is 3.26. The first kappa shape index (κ1) is 18.1. The molecule has 1 aromatic rings. The summed E-state index contributed by atoms with van der Waals surface area (Å²) >= 11 is 3.64. The van der Waals surface area contributed by atoms with Crippen LogP contribution in [-0.4, -0.2) is 43.3 Å². The zero-order valence-electron chi connectivity index (χ0n) is 13.8. The lowest BCUT2D eigenvalue weighted by Gasteiger charge is -2.37. The third-order valence-electron chi connectivity index (χ3n) is 4.57. The molecule has 1 N–H and O–H groups in total. The normalized spacial score (nSPS) is 17.7. The van der Waals surface area contributed by atoms with Gasteiger partial charge in [-0.15, -0.1) is 0 Å². The van der Waals surface area contributed by atoms with E-state index in [4.69, 9.17) is 14.6 Å². The van der Waals surface area contributed by atoms with Crippen LogP contribution in [0, 0.1) is 5.92 Å². The smallest absolute Gasteiger partial charge is 0.306 e. The van der Waals surface area contributed by atoms with Crippen molar-refractivity contribution in [2.24, 2.45) is 5.92 Å². The first-order chi connectivity index (χ1) is 11.0. The Balaban J connectivity index is 2.23. The van der Waals surface area contributed by atoms with Gasteiger partial charge in [0.1, 0.15) is 0 Å². The van der Waals surface area contributed by atoms with Gasteiger partial charge in [-0.2, -0.15) is 0 Å². The number of halogens is 1. The maximum atomic E-state index is 11.1. The molecule has 0 bridgehead atoms. The van der Waals surface area contributed by atoms with Crippen molar-refractivity contribution < 1.29 is 19.4 Å². The lowest BCUT2D eigenvalue weighted by atomic mass is 9.93. The van der Waals surface area contributed by atoms with Crippen LogP contribution in [0.25, 0.3) is 0 Å². The van der Waals surface area contributed by atoms with Crippen LogP contribution in [0.3, 0.4) is 0 Å². The van der Waals surface area contributed by atoms with Gasteiger partial charge in [-0.3, -0.25) is 9.69 Å². The van der Waals surface area contributed by atoms with Crippen LogP contribution in [0.1, 0.15) is 37.8 Å². The second-order valence-electron chi connectivity index (χ2n) is 5.80. The molecule has 1 heterocycles. The third-order valence-corrected chi connectivity index (χ3v) is 5.25. The number of rotatable bonds is 6. The van der Waals surface area contributed by atoms with E-state index in [0.29, 0.717) is 24.3 Å². The van der Waals surface area contributed by atoms with Crippen LogP contribution in [0.5, 0.6) is 11.5 Å². The van der Waals surface area contributed by atoms with E-state index in [1.807, 2.05) is 12.1 Å². The SMILES string of the molecule is CCC(c1cc(OC)c(OC)cc1Br)N1CCC(C(=O)O)CC1. The van der Waals surface area contributed by atoms with Crippen LogP contribution in [0.4, 0.5) is 0 Å². The first-order valence-corrected chi connectivity index (χ1v) is 8.69. The maximum Gasteiger partial charge on any atom is 0.306 e. The molecule has 23 heavy (non-hydrogen) atoms. The summed E-state index contributed by atoms with van der Waals surface area (Å²) in [6.07, 6.45) is 2.36. The Bertz CT molecular complexity index is 556. The molecule has 0 saturated carbocycles. The standard InChI is InChI=1S/C17H24BrNO4/c1-4-14(19-7-5-11(6-8-19)17(20)21)12-9-15(22-2)16(23-3)10-13(12)18/h9-11,14H,4-8H2,1-3H3,(H,20,21). The molecule has 1 aromatic carbocycles. The number of carboxylic acids is 1. The Morgan fingerprint density at radius 2 is 1.87 bits per heavy atom. The molecule has 1 aliphatic heterocycles. The number of hydrogen-bond acceptors (Lipinski definition) is 4. The minimum absolute atomic E-state index is 0.211. The quantitative estimate of drug-likeness (QED) is 0.808. The second-order valence-corrected chi connectivity index (χ2v) is 6.66. The number of carbonyl (C=O) groups is 1. The number of methoxy groups -OCH3 is 2. The van der Waals surface area contributed by atoms with E-state index >= 15 is 0 Å². The number of hydrogen-bond donors (Lipinski definition) is 1. The Labute approximate surface area is 145 Å². The molecule has 0 amide bonds. The number of piperidine rings is 1. The van der Waals surface area contributed by atoms with E-state index < -0.39 is 5.97 Å². The van der Waals surface area contributed by atoms with Gasteiger partial charge in [0.25, 0.3) is 0 Å². The fourth-order valence-corrected chi connectivity index (χ4v) is 3.84. The Hall–Kier alpha value is -1.27.